The van der Waals surface area contributed by atoms with Crippen molar-refractivity contribution in [3.8, 4) is 33.6 Å². The quantitative estimate of drug-likeness (QED) is 0.179. The van der Waals surface area contributed by atoms with Gasteiger partial charge in [-0.2, -0.15) is 0 Å². The molecule has 9 aromatic carbocycles. The molecule has 0 bridgehead atoms. The zero-order valence-electron chi connectivity index (χ0n) is 28.5. The van der Waals surface area contributed by atoms with Crippen molar-refractivity contribution in [3.63, 3.8) is 0 Å². The Morgan fingerprint density at radius 3 is 1.94 bits per heavy atom. The molecule has 0 spiro atoms. The number of hydrogen-bond donors (Lipinski definition) is 0. The SMILES string of the molecule is c1ccc2c(c1)-c1cccc3c(-n4c5ccc6c7ccccc7oc6c5c5ccc6c7ccccc7n(-c7ccc8ccccc8c7)c6c54)ccc-2c13. The van der Waals surface area contributed by atoms with Crippen LogP contribution in [0.5, 0.6) is 0 Å². The van der Waals surface area contributed by atoms with E-state index < -0.39 is 0 Å². The summed E-state index contributed by atoms with van der Waals surface area (Å²) in [5.41, 5.74) is 14.0. The van der Waals surface area contributed by atoms with Gasteiger partial charge in [-0.05, 0) is 80.9 Å². The van der Waals surface area contributed by atoms with Crippen LogP contribution in [0.4, 0.5) is 0 Å². The van der Waals surface area contributed by atoms with Crippen molar-refractivity contribution in [3.05, 3.63) is 170 Å². The second-order valence-electron chi connectivity index (χ2n) is 14.4. The molecule has 244 valence electrons. The number of fused-ring (bicyclic) bond motifs is 15. The molecule has 13 rings (SSSR count). The molecule has 0 atom stereocenters. The number of para-hydroxylation sites is 2. The van der Waals surface area contributed by atoms with Crippen molar-refractivity contribution in [1.29, 1.82) is 0 Å². The molecule has 1 aliphatic carbocycles. The standard InChI is InChI=1S/C50H28N2O/c1-2-11-30-28-31(21-20-29(30)10-1)51-42-18-7-5-14-34(42)38-22-23-41-47-44(27-25-39-35-15-6-8-19-45(35)53-50(39)47)52(49(41)48(38)51)43-26-24-37-33-13-4-3-12-32(33)36-16-9-17-40(43)46(36)37/h1-28H. The third kappa shape index (κ3) is 3.44. The molecule has 3 heterocycles. The maximum Gasteiger partial charge on any atom is 0.145 e. The van der Waals surface area contributed by atoms with Gasteiger partial charge in [0, 0.05) is 38.0 Å². The zero-order valence-corrected chi connectivity index (χ0v) is 28.5. The van der Waals surface area contributed by atoms with Crippen LogP contribution >= 0.6 is 0 Å². The topological polar surface area (TPSA) is 23.0 Å². The molecule has 0 aliphatic heterocycles. The summed E-state index contributed by atoms with van der Waals surface area (Å²) in [6.07, 6.45) is 0. The highest BCUT2D eigenvalue weighted by Crippen LogP contribution is 2.51. The minimum atomic E-state index is 0.908. The Kier molecular flexibility index (Phi) is 5.11. The van der Waals surface area contributed by atoms with Gasteiger partial charge in [0.25, 0.3) is 0 Å². The van der Waals surface area contributed by atoms with E-state index in [1.54, 1.807) is 0 Å². The van der Waals surface area contributed by atoms with Gasteiger partial charge in [0.2, 0.25) is 0 Å². The third-order valence-corrected chi connectivity index (χ3v) is 11.8. The van der Waals surface area contributed by atoms with E-state index in [1.807, 2.05) is 0 Å². The van der Waals surface area contributed by atoms with Crippen LogP contribution in [0.15, 0.2) is 174 Å². The van der Waals surface area contributed by atoms with Gasteiger partial charge in [-0.1, -0.05) is 127 Å². The summed E-state index contributed by atoms with van der Waals surface area (Å²) in [5, 5.41) is 12.1. The summed E-state index contributed by atoms with van der Waals surface area (Å²) in [6, 6.07) is 62.3. The fourth-order valence-corrected chi connectivity index (χ4v) is 9.64. The Hall–Kier alpha value is -7.10. The van der Waals surface area contributed by atoms with Crippen LogP contribution in [0, 0.1) is 0 Å². The third-order valence-electron chi connectivity index (χ3n) is 11.8. The first-order chi connectivity index (χ1) is 26.3. The summed E-state index contributed by atoms with van der Waals surface area (Å²) in [5.74, 6) is 0. The Balaban J connectivity index is 1.27. The molecule has 0 unspecified atom stereocenters. The Morgan fingerprint density at radius 1 is 0.358 bits per heavy atom. The van der Waals surface area contributed by atoms with Crippen LogP contribution in [-0.2, 0) is 0 Å². The number of nitrogens with zero attached hydrogens (tertiary/aromatic N) is 2. The lowest BCUT2D eigenvalue weighted by Gasteiger charge is -2.15. The van der Waals surface area contributed by atoms with Crippen LogP contribution in [0.25, 0.3) is 121 Å². The van der Waals surface area contributed by atoms with Gasteiger partial charge >= 0.3 is 0 Å². The van der Waals surface area contributed by atoms with Gasteiger partial charge in [-0.25, -0.2) is 0 Å². The Morgan fingerprint density at radius 2 is 1.04 bits per heavy atom. The van der Waals surface area contributed by atoms with Crippen LogP contribution in [0.2, 0.25) is 0 Å². The molecule has 0 N–H and O–H groups in total. The molecule has 3 heteroatoms. The number of rotatable bonds is 2. The van der Waals surface area contributed by atoms with Gasteiger partial charge in [-0.3, -0.25) is 0 Å². The van der Waals surface area contributed by atoms with E-state index in [2.05, 4.69) is 179 Å². The monoisotopic (exact) mass is 672 g/mol. The normalized spacial score (nSPS) is 12.5. The molecule has 0 saturated heterocycles. The van der Waals surface area contributed by atoms with Gasteiger partial charge in [0.05, 0.1) is 33.1 Å². The van der Waals surface area contributed by atoms with E-state index in [0.29, 0.717) is 0 Å². The zero-order chi connectivity index (χ0) is 34.4. The fraction of sp³-hybridized carbons (Fsp3) is 0. The highest BCUT2D eigenvalue weighted by Gasteiger charge is 2.27. The molecule has 0 saturated carbocycles. The summed E-state index contributed by atoms with van der Waals surface area (Å²) in [4.78, 5) is 0. The molecule has 1 aliphatic rings. The summed E-state index contributed by atoms with van der Waals surface area (Å²) < 4.78 is 11.8. The van der Waals surface area contributed by atoms with Crippen molar-refractivity contribution < 1.29 is 4.42 Å². The minimum absolute atomic E-state index is 0.908. The number of hydrogen-bond acceptors (Lipinski definition) is 1. The molecular weight excluding hydrogens is 645 g/mol. The molecule has 3 nitrogen and oxygen atoms in total. The average Bonchev–Trinajstić information content (AvgIpc) is 3.95. The minimum Gasteiger partial charge on any atom is -0.455 e. The predicted octanol–water partition coefficient (Wildman–Crippen LogP) is 13.7. The Bertz CT molecular complexity index is 3540. The van der Waals surface area contributed by atoms with E-state index in [4.69, 9.17) is 4.42 Å². The second kappa shape index (κ2) is 9.81. The first-order valence-electron chi connectivity index (χ1n) is 18.3. The van der Waals surface area contributed by atoms with E-state index in [1.165, 1.54) is 76.5 Å². The summed E-state index contributed by atoms with van der Waals surface area (Å²) in [6.45, 7) is 0. The summed E-state index contributed by atoms with van der Waals surface area (Å²) in [7, 11) is 0. The van der Waals surface area contributed by atoms with E-state index in [9.17, 15) is 0 Å². The van der Waals surface area contributed by atoms with E-state index >= 15 is 0 Å². The molecule has 3 aromatic heterocycles. The van der Waals surface area contributed by atoms with Gasteiger partial charge in [-0.15, -0.1) is 0 Å². The van der Waals surface area contributed by atoms with Crippen molar-refractivity contribution in [2.24, 2.45) is 0 Å². The number of furan rings is 1. The average molecular weight is 673 g/mol. The lowest BCUT2D eigenvalue weighted by atomic mass is 10.0. The first kappa shape index (κ1) is 27.6. The predicted molar refractivity (Wildman–Crippen MR) is 222 cm³/mol. The van der Waals surface area contributed by atoms with Crippen LogP contribution in [0.1, 0.15) is 0 Å². The largest absolute Gasteiger partial charge is 0.455 e. The highest BCUT2D eigenvalue weighted by atomic mass is 16.3. The Labute approximate surface area is 303 Å². The van der Waals surface area contributed by atoms with Gasteiger partial charge in [0.15, 0.2) is 0 Å². The summed E-state index contributed by atoms with van der Waals surface area (Å²) >= 11 is 0. The van der Waals surface area contributed by atoms with E-state index in [0.717, 1.165) is 44.2 Å². The second-order valence-corrected chi connectivity index (χ2v) is 14.4. The maximum atomic E-state index is 6.81. The molecular formula is C50H28N2O. The van der Waals surface area contributed by atoms with Gasteiger partial charge < -0.3 is 13.6 Å². The van der Waals surface area contributed by atoms with Crippen molar-refractivity contribution >= 4 is 87.1 Å². The molecule has 0 fully saturated rings. The smallest absolute Gasteiger partial charge is 0.145 e. The molecule has 0 radical (unpaired) electrons. The van der Waals surface area contributed by atoms with Crippen molar-refractivity contribution in [2.45, 2.75) is 0 Å². The molecule has 12 aromatic rings. The molecule has 53 heavy (non-hydrogen) atoms. The maximum absolute atomic E-state index is 6.81. The first-order valence-corrected chi connectivity index (χ1v) is 18.3. The highest BCUT2D eigenvalue weighted by molar-refractivity contribution is 6.30. The number of benzene rings is 9. The van der Waals surface area contributed by atoms with Crippen molar-refractivity contribution in [2.75, 3.05) is 0 Å². The lowest BCUT2D eigenvalue weighted by Crippen LogP contribution is -1.99. The van der Waals surface area contributed by atoms with Crippen LogP contribution in [0.3, 0.4) is 0 Å². The lowest BCUT2D eigenvalue weighted by molar-refractivity contribution is 0.673. The fourth-order valence-electron chi connectivity index (χ4n) is 9.64. The molecule has 0 amide bonds. The van der Waals surface area contributed by atoms with Crippen LogP contribution in [-0.4, -0.2) is 9.13 Å². The van der Waals surface area contributed by atoms with E-state index in [-0.39, 0.29) is 0 Å². The van der Waals surface area contributed by atoms with Crippen LogP contribution < -0.4 is 0 Å². The van der Waals surface area contributed by atoms with Crippen molar-refractivity contribution in [1.82, 2.24) is 9.13 Å². The number of aromatic nitrogens is 2. The van der Waals surface area contributed by atoms with Gasteiger partial charge in [0.1, 0.15) is 11.2 Å².